The molecule has 0 aromatic heterocycles. The average Bonchev–Trinajstić information content (AvgIpc) is 3.07. The Labute approximate surface area is 142 Å². The number of hydrogen-bond donors (Lipinski definition) is 2. The number of benzene rings is 1. The van der Waals surface area contributed by atoms with Crippen molar-refractivity contribution >= 4 is 17.5 Å². The van der Waals surface area contributed by atoms with Crippen LogP contribution in [0.1, 0.15) is 37.7 Å². The Kier molecular flexibility index (Phi) is 5.57. The van der Waals surface area contributed by atoms with Crippen LogP contribution in [0.25, 0.3) is 0 Å². The Hall–Kier alpha value is -1.10. The zero-order valence-corrected chi connectivity index (χ0v) is 14.2. The van der Waals surface area contributed by atoms with E-state index in [9.17, 15) is 4.79 Å². The molecule has 126 valence electrons. The highest BCUT2D eigenvalue weighted by Gasteiger charge is 2.36. The number of halogens is 1. The van der Waals surface area contributed by atoms with Crippen LogP contribution >= 0.6 is 11.6 Å². The maximum atomic E-state index is 12.3. The number of amides is 1. The van der Waals surface area contributed by atoms with Crippen molar-refractivity contribution in [2.75, 3.05) is 26.3 Å². The molecule has 2 saturated heterocycles. The third-order valence-corrected chi connectivity index (χ3v) is 5.44. The smallest absolute Gasteiger partial charge is 0.221 e. The Bertz CT molecular complexity index is 538. The molecule has 2 fully saturated rings. The lowest BCUT2D eigenvalue weighted by Crippen LogP contribution is -2.45. The molecule has 1 aromatic rings. The molecule has 4 nitrogen and oxygen atoms in total. The Balaban J connectivity index is 1.67. The molecule has 0 aliphatic carbocycles. The molecule has 5 heteroatoms. The van der Waals surface area contributed by atoms with Gasteiger partial charge in [-0.25, -0.2) is 0 Å². The molecular weight excluding hydrogens is 312 g/mol. The lowest BCUT2D eigenvalue weighted by molar-refractivity contribution is -0.122. The molecule has 1 unspecified atom stereocenters. The minimum absolute atomic E-state index is 0.116. The van der Waals surface area contributed by atoms with Gasteiger partial charge in [0.2, 0.25) is 5.91 Å². The van der Waals surface area contributed by atoms with Crippen LogP contribution in [-0.2, 0) is 14.9 Å². The van der Waals surface area contributed by atoms with E-state index in [-0.39, 0.29) is 11.3 Å². The van der Waals surface area contributed by atoms with Crippen molar-refractivity contribution < 1.29 is 9.53 Å². The first kappa shape index (κ1) is 16.7. The van der Waals surface area contributed by atoms with Crippen LogP contribution in [-0.4, -0.2) is 38.3 Å². The van der Waals surface area contributed by atoms with Gasteiger partial charge >= 0.3 is 0 Å². The van der Waals surface area contributed by atoms with Crippen LogP contribution in [0, 0.1) is 0 Å². The van der Waals surface area contributed by atoms with Crippen LogP contribution in [0.4, 0.5) is 0 Å². The maximum Gasteiger partial charge on any atom is 0.221 e. The van der Waals surface area contributed by atoms with Crippen molar-refractivity contribution in [1.29, 1.82) is 0 Å². The first-order valence-corrected chi connectivity index (χ1v) is 8.90. The van der Waals surface area contributed by atoms with E-state index in [1.165, 1.54) is 6.42 Å². The lowest BCUT2D eigenvalue weighted by Gasteiger charge is -2.38. The number of ether oxygens (including phenoxy) is 1. The third kappa shape index (κ3) is 4.06. The molecule has 2 heterocycles. The Morgan fingerprint density at radius 2 is 2.13 bits per heavy atom. The van der Waals surface area contributed by atoms with E-state index in [0.717, 1.165) is 36.4 Å². The largest absolute Gasteiger partial charge is 0.381 e. The van der Waals surface area contributed by atoms with Crippen molar-refractivity contribution in [3.05, 3.63) is 34.9 Å². The van der Waals surface area contributed by atoms with E-state index >= 15 is 0 Å². The minimum atomic E-state index is -0.116. The standard InChI is InChI=1S/C18H25ClN2O2/c19-16-6-2-1-5-15(16)18(7-10-23-11-8-18)13-21-17(22)12-14-4-3-9-20-14/h1-2,5-6,14,20H,3-4,7-13H2,(H,21,22). The van der Waals surface area contributed by atoms with Gasteiger partial charge in [0.1, 0.15) is 0 Å². The second kappa shape index (κ2) is 7.65. The van der Waals surface area contributed by atoms with Crippen LogP contribution in [0.3, 0.4) is 0 Å². The van der Waals surface area contributed by atoms with Gasteiger partial charge in [0, 0.05) is 42.7 Å². The minimum Gasteiger partial charge on any atom is -0.381 e. The number of nitrogens with one attached hydrogen (secondary N) is 2. The van der Waals surface area contributed by atoms with Crippen LogP contribution in [0.15, 0.2) is 24.3 Å². The zero-order valence-electron chi connectivity index (χ0n) is 13.4. The number of rotatable bonds is 5. The monoisotopic (exact) mass is 336 g/mol. The van der Waals surface area contributed by atoms with E-state index < -0.39 is 0 Å². The second-order valence-corrected chi connectivity index (χ2v) is 7.05. The van der Waals surface area contributed by atoms with Crippen LogP contribution in [0.2, 0.25) is 5.02 Å². The van der Waals surface area contributed by atoms with Crippen molar-refractivity contribution in [1.82, 2.24) is 10.6 Å². The predicted octanol–water partition coefficient (Wildman–Crippen LogP) is 2.65. The van der Waals surface area contributed by atoms with Gasteiger partial charge < -0.3 is 15.4 Å². The van der Waals surface area contributed by atoms with Crippen molar-refractivity contribution in [3.8, 4) is 0 Å². The summed E-state index contributed by atoms with van der Waals surface area (Å²) in [4.78, 5) is 12.3. The van der Waals surface area contributed by atoms with Crippen molar-refractivity contribution in [2.24, 2.45) is 0 Å². The number of carbonyl (C=O) groups is 1. The van der Waals surface area contributed by atoms with E-state index in [0.29, 0.717) is 32.2 Å². The molecular formula is C18H25ClN2O2. The van der Waals surface area contributed by atoms with E-state index in [4.69, 9.17) is 16.3 Å². The third-order valence-electron chi connectivity index (χ3n) is 5.11. The normalized spacial score (nSPS) is 23.6. The molecule has 0 radical (unpaired) electrons. The summed E-state index contributed by atoms with van der Waals surface area (Å²) in [6.07, 6.45) is 4.60. The second-order valence-electron chi connectivity index (χ2n) is 6.65. The van der Waals surface area contributed by atoms with Gasteiger partial charge in [0.15, 0.2) is 0 Å². The first-order valence-electron chi connectivity index (χ1n) is 8.52. The van der Waals surface area contributed by atoms with Crippen LogP contribution < -0.4 is 10.6 Å². The van der Waals surface area contributed by atoms with Gasteiger partial charge in [0.05, 0.1) is 0 Å². The fraction of sp³-hybridized carbons (Fsp3) is 0.611. The Morgan fingerprint density at radius 1 is 1.35 bits per heavy atom. The van der Waals surface area contributed by atoms with Gasteiger partial charge in [-0.1, -0.05) is 29.8 Å². The molecule has 0 bridgehead atoms. The highest BCUT2D eigenvalue weighted by molar-refractivity contribution is 6.31. The fourth-order valence-electron chi connectivity index (χ4n) is 3.69. The molecule has 0 saturated carbocycles. The van der Waals surface area contributed by atoms with E-state index in [1.54, 1.807) is 0 Å². The molecule has 23 heavy (non-hydrogen) atoms. The summed E-state index contributed by atoms with van der Waals surface area (Å²) in [5.74, 6) is 0.127. The molecule has 1 amide bonds. The molecule has 0 spiro atoms. The quantitative estimate of drug-likeness (QED) is 0.869. The molecule has 3 rings (SSSR count). The van der Waals surface area contributed by atoms with Gasteiger partial charge in [-0.05, 0) is 43.9 Å². The summed E-state index contributed by atoms with van der Waals surface area (Å²) in [5.41, 5.74) is 1.01. The van der Waals surface area contributed by atoms with E-state index in [2.05, 4.69) is 16.7 Å². The zero-order chi connectivity index (χ0) is 16.1. The van der Waals surface area contributed by atoms with Gasteiger partial charge in [-0.15, -0.1) is 0 Å². The summed E-state index contributed by atoms with van der Waals surface area (Å²) < 4.78 is 5.53. The summed E-state index contributed by atoms with van der Waals surface area (Å²) in [6, 6.07) is 8.31. The van der Waals surface area contributed by atoms with Crippen molar-refractivity contribution in [3.63, 3.8) is 0 Å². The SMILES string of the molecule is O=C(CC1CCCN1)NCC1(c2ccccc2Cl)CCOCC1. The first-order chi connectivity index (χ1) is 11.2. The van der Waals surface area contributed by atoms with Gasteiger partial charge in [-0.3, -0.25) is 4.79 Å². The number of carbonyl (C=O) groups excluding carboxylic acids is 1. The molecule has 1 atom stereocenters. The van der Waals surface area contributed by atoms with Gasteiger partial charge in [0.25, 0.3) is 0 Å². The maximum absolute atomic E-state index is 12.3. The average molecular weight is 337 g/mol. The molecule has 2 aliphatic rings. The summed E-state index contributed by atoms with van der Waals surface area (Å²) in [5, 5.41) is 7.31. The van der Waals surface area contributed by atoms with Crippen molar-refractivity contribution in [2.45, 2.75) is 43.6 Å². The summed E-state index contributed by atoms with van der Waals surface area (Å²) in [6.45, 7) is 3.08. The Morgan fingerprint density at radius 3 is 2.83 bits per heavy atom. The van der Waals surface area contributed by atoms with E-state index in [1.807, 2.05) is 18.2 Å². The molecule has 2 aliphatic heterocycles. The van der Waals surface area contributed by atoms with Crippen LogP contribution in [0.5, 0.6) is 0 Å². The molecule has 2 N–H and O–H groups in total. The lowest BCUT2D eigenvalue weighted by atomic mass is 9.74. The van der Waals surface area contributed by atoms with Gasteiger partial charge in [-0.2, -0.15) is 0 Å². The summed E-state index contributed by atoms with van der Waals surface area (Å²) in [7, 11) is 0. The fourth-order valence-corrected chi connectivity index (χ4v) is 4.03. The summed E-state index contributed by atoms with van der Waals surface area (Å²) >= 11 is 6.44. The topological polar surface area (TPSA) is 50.4 Å². The highest BCUT2D eigenvalue weighted by Crippen LogP contribution is 2.38. The predicted molar refractivity (Wildman–Crippen MR) is 91.8 cm³/mol. The molecule has 1 aromatic carbocycles. The highest BCUT2D eigenvalue weighted by atomic mass is 35.5. The number of hydrogen-bond acceptors (Lipinski definition) is 3.